The van der Waals surface area contributed by atoms with Gasteiger partial charge in [0.05, 0.1) is 19.0 Å². The molecule has 1 atom stereocenters. The maximum atomic E-state index is 12.4. The first-order chi connectivity index (χ1) is 12.9. The molecule has 1 aromatic rings. The third kappa shape index (κ3) is 6.28. The minimum Gasteiger partial charge on any atom is -0.493 e. The molecule has 8 nitrogen and oxygen atoms in total. The highest BCUT2D eigenvalue weighted by molar-refractivity contribution is 7.87. The van der Waals surface area contributed by atoms with Crippen molar-refractivity contribution in [3.63, 3.8) is 0 Å². The van der Waals surface area contributed by atoms with E-state index >= 15 is 0 Å². The topological polar surface area (TPSA) is 94.2 Å². The Kier molecular flexibility index (Phi) is 7.73. The minimum atomic E-state index is -3.69. The predicted molar refractivity (Wildman–Crippen MR) is 102 cm³/mol. The van der Waals surface area contributed by atoms with E-state index in [9.17, 15) is 13.2 Å². The fraction of sp³-hybridized carbons (Fsp3) is 0.611. The van der Waals surface area contributed by atoms with Crippen LogP contribution in [-0.4, -0.2) is 58.0 Å². The zero-order valence-electron chi connectivity index (χ0n) is 16.1. The molecule has 2 rings (SSSR count). The summed E-state index contributed by atoms with van der Waals surface area (Å²) < 4.78 is 39.6. The van der Waals surface area contributed by atoms with Crippen molar-refractivity contribution in [1.82, 2.24) is 10.2 Å². The molecule has 152 valence electrons. The number of hydrogen-bond donors (Lipinski definition) is 1. The Hall–Kier alpha value is -2.00. The van der Waals surface area contributed by atoms with Crippen LogP contribution in [0.1, 0.15) is 32.3 Å². The molecule has 2 amide bonds. The fourth-order valence-corrected chi connectivity index (χ4v) is 3.34. The monoisotopic (exact) mass is 400 g/mol. The minimum absolute atomic E-state index is 0.0158. The van der Waals surface area contributed by atoms with E-state index < -0.39 is 10.1 Å². The van der Waals surface area contributed by atoms with Crippen LogP contribution in [-0.2, 0) is 21.4 Å². The number of benzene rings is 1. The van der Waals surface area contributed by atoms with Crippen LogP contribution in [0.2, 0.25) is 0 Å². The molecule has 1 fully saturated rings. The first kappa shape index (κ1) is 21.3. The van der Waals surface area contributed by atoms with Crippen molar-refractivity contribution in [2.45, 2.75) is 39.3 Å². The highest BCUT2D eigenvalue weighted by Gasteiger charge is 2.23. The van der Waals surface area contributed by atoms with Gasteiger partial charge in [-0.1, -0.05) is 6.07 Å². The van der Waals surface area contributed by atoms with Crippen LogP contribution in [0, 0.1) is 0 Å². The Morgan fingerprint density at radius 1 is 1.33 bits per heavy atom. The number of methoxy groups -OCH3 is 1. The van der Waals surface area contributed by atoms with Gasteiger partial charge >= 0.3 is 16.1 Å². The maximum absolute atomic E-state index is 12.4. The second-order valence-corrected chi connectivity index (χ2v) is 8.13. The number of urea groups is 1. The average Bonchev–Trinajstić information content (AvgIpc) is 3.14. The number of rotatable bonds is 9. The number of carbonyl (C=O) groups excluding carboxylic acids is 1. The third-order valence-electron chi connectivity index (χ3n) is 4.24. The van der Waals surface area contributed by atoms with E-state index in [0.717, 1.165) is 18.4 Å². The summed E-state index contributed by atoms with van der Waals surface area (Å²) in [4.78, 5) is 14.1. The number of ether oxygens (including phenoxy) is 2. The molecule has 1 heterocycles. The number of nitrogens with zero attached hydrogens (tertiary/aromatic N) is 1. The van der Waals surface area contributed by atoms with Gasteiger partial charge in [-0.05, 0) is 44.4 Å². The lowest BCUT2D eigenvalue weighted by molar-refractivity contribution is 0.0795. The smallest absolute Gasteiger partial charge is 0.317 e. The molecular formula is C18H28N2O6S. The summed E-state index contributed by atoms with van der Waals surface area (Å²) >= 11 is 0. The Labute approximate surface area is 160 Å². The molecule has 0 aromatic heterocycles. The molecule has 0 spiro atoms. The van der Waals surface area contributed by atoms with E-state index in [-0.39, 0.29) is 23.6 Å². The standard InChI is InChI=1S/C18H28N2O6S/c1-4-19-18(21)20(13-15-7-6-10-25-15)12-14-8-9-16(24-3)17(11-14)26-27(22,23)5-2/h8-9,11,15H,4-7,10,12-13H2,1-3H3,(H,19,21)/t15-/m0/s1. The van der Waals surface area contributed by atoms with Gasteiger partial charge in [0, 0.05) is 26.2 Å². The normalized spacial score (nSPS) is 16.8. The van der Waals surface area contributed by atoms with E-state index in [4.69, 9.17) is 13.7 Å². The average molecular weight is 400 g/mol. The lowest BCUT2D eigenvalue weighted by atomic mass is 10.1. The highest BCUT2D eigenvalue weighted by atomic mass is 32.2. The summed E-state index contributed by atoms with van der Waals surface area (Å²) in [5.74, 6) is 0.286. The van der Waals surface area contributed by atoms with Gasteiger partial charge in [-0.3, -0.25) is 0 Å². The Balaban J connectivity index is 2.21. The lowest BCUT2D eigenvalue weighted by Crippen LogP contribution is -2.43. The van der Waals surface area contributed by atoms with Crippen molar-refractivity contribution in [1.29, 1.82) is 0 Å². The van der Waals surface area contributed by atoms with E-state index in [1.807, 2.05) is 6.92 Å². The van der Waals surface area contributed by atoms with Gasteiger partial charge in [0.1, 0.15) is 0 Å². The zero-order valence-corrected chi connectivity index (χ0v) is 16.9. The molecule has 0 saturated carbocycles. The van der Waals surface area contributed by atoms with Crippen molar-refractivity contribution < 1.29 is 26.9 Å². The third-order valence-corrected chi connectivity index (χ3v) is 5.38. The van der Waals surface area contributed by atoms with Crippen molar-refractivity contribution in [3.8, 4) is 11.5 Å². The van der Waals surface area contributed by atoms with E-state index in [1.165, 1.54) is 14.0 Å². The Morgan fingerprint density at radius 2 is 2.11 bits per heavy atom. The van der Waals surface area contributed by atoms with Gasteiger partial charge in [0.25, 0.3) is 0 Å². The fourth-order valence-electron chi connectivity index (χ4n) is 2.82. The van der Waals surface area contributed by atoms with Gasteiger partial charge in [-0.2, -0.15) is 8.42 Å². The summed E-state index contributed by atoms with van der Waals surface area (Å²) in [6, 6.07) is 4.82. The van der Waals surface area contributed by atoms with Crippen LogP contribution in [0.3, 0.4) is 0 Å². The van der Waals surface area contributed by atoms with Crippen molar-refractivity contribution in [3.05, 3.63) is 23.8 Å². The van der Waals surface area contributed by atoms with Crippen LogP contribution in [0.25, 0.3) is 0 Å². The second kappa shape index (κ2) is 9.80. The molecule has 1 aliphatic heterocycles. The molecule has 27 heavy (non-hydrogen) atoms. The van der Waals surface area contributed by atoms with Crippen LogP contribution in [0.4, 0.5) is 4.79 Å². The van der Waals surface area contributed by atoms with Crippen molar-refractivity contribution >= 4 is 16.1 Å². The van der Waals surface area contributed by atoms with E-state index in [0.29, 0.717) is 32.0 Å². The predicted octanol–water partition coefficient (Wildman–Crippen LogP) is 2.13. The summed E-state index contributed by atoms with van der Waals surface area (Å²) in [5, 5.41) is 2.80. The lowest BCUT2D eigenvalue weighted by Gasteiger charge is -2.26. The first-order valence-electron chi connectivity index (χ1n) is 9.12. The second-order valence-electron chi connectivity index (χ2n) is 6.27. The molecule has 1 N–H and O–H groups in total. The SMILES string of the molecule is CCNC(=O)N(Cc1ccc(OC)c(OS(=O)(=O)CC)c1)C[C@@H]1CCCO1. The van der Waals surface area contributed by atoms with Gasteiger partial charge in [-0.15, -0.1) is 0 Å². The number of nitrogens with one attached hydrogen (secondary N) is 1. The largest absolute Gasteiger partial charge is 0.493 e. The molecule has 9 heteroatoms. The molecular weight excluding hydrogens is 372 g/mol. The molecule has 1 aliphatic rings. The Morgan fingerprint density at radius 3 is 2.70 bits per heavy atom. The van der Waals surface area contributed by atoms with E-state index in [1.54, 1.807) is 23.1 Å². The molecule has 0 radical (unpaired) electrons. The van der Waals surface area contributed by atoms with Crippen molar-refractivity contribution in [2.75, 3.05) is 32.6 Å². The number of hydrogen-bond acceptors (Lipinski definition) is 6. The van der Waals surface area contributed by atoms with E-state index in [2.05, 4.69) is 5.32 Å². The number of carbonyl (C=O) groups is 1. The first-order valence-corrected chi connectivity index (χ1v) is 10.7. The number of amides is 2. The quantitative estimate of drug-likeness (QED) is 0.638. The van der Waals surface area contributed by atoms with Crippen LogP contribution >= 0.6 is 0 Å². The molecule has 1 aromatic carbocycles. The summed E-state index contributed by atoms with van der Waals surface area (Å²) in [7, 11) is -2.24. The van der Waals surface area contributed by atoms with Gasteiger partial charge in [-0.25, -0.2) is 4.79 Å². The van der Waals surface area contributed by atoms with Crippen LogP contribution in [0.5, 0.6) is 11.5 Å². The molecule has 0 aliphatic carbocycles. The van der Waals surface area contributed by atoms with Crippen molar-refractivity contribution in [2.24, 2.45) is 0 Å². The summed E-state index contributed by atoms with van der Waals surface area (Å²) in [6.07, 6.45) is 1.92. The Bertz CT molecular complexity index is 731. The molecule has 1 saturated heterocycles. The van der Waals surface area contributed by atoms with Gasteiger partial charge < -0.3 is 23.9 Å². The van der Waals surface area contributed by atoms with Gasteiger partial charge in [0.15, 0.2) is 11.5 Å². The van der Waals surface area contributed by atoms with Crippen LogP contribution in [0.15, 0.2) is 18.2 Å². The maximum Gasteiger partial charge on any atom is 0.317 e. The van der Waals surface area contributed by atoms with Gasteiger partial charge in [0.2, 0.25) is 0 Å². The molecule has 0 bridgehead atoms. The highest BCUT2D eigenvalue weighted by Crippen LogP contribution is 2.30. The summed E-state index contributed by atoms with van der Waals surface area (Å²) in [5.41, 5.74) is 0.737. The molecule has 0 unspecified atom stereocenters. The summed E-state index contributed by atoms with van der Waals surface area (Å²) in [6.45, 7) is 5.37. The zero-order chi connectivity index (χ0) is 19.9. The van der Waals surface area contributed by atoms with Crippen LogP contribution < -0.4 is 14.2 Å².